The molecular weight excluding hydrogens is 592 g/mol. The van der Waals surface area contributed by atoms with Crippen LogP contribution < -0.4 is 18.9 Å². The summed E-state index contributed by atoms with van der Waals surface area (Å²) >= 11 is 0. The van der Waals surface area contributed by atoms with Crippen molar-refractivity contribution in [2.45, 2.75) is 49.5 Å². The molecule has 2 heterocycles. The summed E-state index contributed by atoms with van der Waals surface area (Å²) in [6, 6.07) is 14.7. The number of hydrogen-bond donors (Lipinski definition) is 5. The number of benzene rings is 3. The Morgan fingerprint density at radius 2 is 1.73 bits per heavy atom. The molecular formula is C32H34O13. The van der Waals surface area contributed by atoms with Crippen molar-refractivity contribution >= 4 is 11.9 Å². The van der Waals surface area contributed by atoms with Crippen LogP contribution in [-0.2, 0) is 22.3 Å². The maximum absolute atomic E-state index is 13.3. The van der Waals surface area contributed by atoms with Crippen molar-refractivity contribution in [2.24, 2.45) is 0 Å². The van der Waals surface area contributed by atoms with E-state index < -0.39 is 48.7 Å². The zero-order valence-corrected chi connectivity index (χ0v) is 24.5. The standard InChI is InChI=1S/C32H34O13/c1-40-22-14-18(29(37)38)8-9-21(22)44-31-26(35)25(34)28(36)32(45-31)12-10-19-20(30(39)43-16-32)15-23(24(33)27(19)41-2)42-13-11-17-6-4-3-5-7-17/h3-9,14-15,25-26,28,31,33-36H,10-13,16H2,1-2H3,(H,37,38)/t25-,26-,28+,31-,32-/m1/s1. The Labute approximate surface area is 258 Å². The molecule has 3 aromatic carbocycles. The third-order valence-corrected chi connectivity index (χ3v) is 7.98. The molecule has 5 rings (SSSR count). The van der Waals surface area contributed by atoms with Crippen LogP contribution in [-0.4, -0.2) is 95.1 Å². The van der Waals surface area contributed by atoms with E-state index in [-0.39, 0.29) is 64.9 Å². The molecule has 0 aliphatic carbocycles. The molecule has 0 aromatic heterocycles. The molecule has 13 nitrogen and oxygen atoms in total. The molecule has 0 amide bonds. The third-order valence-electron chi connectivity index (χ3n) is 7.98. The molecule has 5 atom stereocenters. The van der Waals surface area contributed by atoms with E-state index in [2.05, 4.69) is 0 Å². The highest BCUT2D eigenvalue weighted by molar-refractivity contribution is 5.93. The number of carbonyl (C=O) groups excluding carboxylic acids is 1. The van der Waals surface area contributed by atoms with E-state index in [1.807, 2.05) is 30.3 Å². The highest BCUT2D eigenvalue weighted by Crippen LogP contribution is 2.45. The zero-order valence-electron chi connectivity index (χ0n) is 24.5. The first-order valence-corrected chi connectivity index (χ1v) is 14.1. The minimum absolute atomic E-state index is 0.00862. The molecule has 240 valence electrons. The molecule has 2 aliphatic heterocycles. The molecule has 1 saturated heterocycles. The summed E-state index contributed by atoms with van der Waals surface area (Å²) in [5.41, 5.74) is -0.485. The van der Waals surface area contributed by atoms with Crippen LogP contribution in [0.15, 0.2) is 54.6 Å². The summed E-state index contributed by atoms with van der Waals surface area (Å²) < 4.78 is 33.9. The van der Waals surface area contributed by atoms with Crippen molar-refractivity contribution in [1.29, 1.82) is 0 Å². The number of esters is 1. The Hall–Kier alpha value is -4.56. The summed E-state index contributed by atoms with van der Waals surface area (Å²) in [7, 11) is 2.61. The van der Waals surface area contributed by atoms with Crippen molar-refractivity contribution in [3.8, 4) is 28.7 Å². The summed E-state index contributed by atoms with van der Waals surface area (Å²) in [5, 5.41) is 53.0. The SMILES string of the molecule is COc1cc(C(=O)O)ccc1O[C@@H]1O[C@@]2(CCc3c(cc(OCCc4ccccc4)c(O)c3OC)C(=O)OC2)[C@@H](O)[C@H](O)[C@H]1O. The number of carbonyl (C=O) groups is 2. The van der Waals surface area contributed by atoms with Gasteiger partial charge in [-0.2, -0.15) is 0 Å². The van der Waals surface area contributed by atoms with E-state index in [9.17, 15) is 35.1 Å². The third kappa shape index (κ3) is 6.33. The maximum atomic E-state index is 13.3. The van der Waals surface area contributed by atoms with Crippen molar-refractivity contribution in [3.63, 3.8) is 0 Å². The van der Waals surface area contributed by atoms with E-state index in [0.717, 1.165) is 5.56 Å². The van der Waals surface area contributed by atoms with Crippen LogP contribution in [0.4, 0.5) is 0 Å². The van der Waals surface area contributed by atoms with Crippen LogP contribution in [0.25, 0.3) is 0 Å². The zero-order chi connectivity index (χ0) is 32.3. The second kappa shape index (κ2) is 13.2. The quantitative estimate of drug-likeness (QED) is 0.217. The summed E-state index contributed by atoms with van der Waals surface area (Å²) in [5.74, 6) is -2.35. The molecule has 2 aliphatic rings. The van der Waals surface area contributed by atoms with Crippen LogP contribution >= 0.6 is 0 Å². The molecule has 5 N–H and O–H groups in total. The summed E-state index contributed by atoms with van der Waals surface area (Å²) in [6.07, 6.45) is -6.38. The first-order chi connectivity index (χ1) is 21.6. The molecule has 0 unspecified atom stereocenters. The fourth-order valence-corrected chi connectivity index (χ4v) is 5.49. The normalized spacial score (nSPS) is 24.5. The molecule has 0 saturated carbocycles. The van der Waals surface area contributed by atoms with Gasteiger partial charge >= 0.3 is 11.9 Å². The topological polar surface area (TPSA) is 191 Å². The predicted octanol–water partition coefficient (Wildman–Crippen LogP) is 2.09. The second-order valence-electron chi connectivity index (χ2n) is 10.7. The Bertz CT molecular complexity index is 1540. The molecule has 0 bridgehead atoms. The number of ether oxygens (including phenoxy) is 6. The van der Waals surface area contributed by atoms with Gasteiger partial charge in [-0.1, -0.05) is 30.3 Å². The average Bonchev–Trinajstić information content (AvgIpc) is 3.04. The monoisotopic (exact) mass is 626 g/mol. The van der Waals surface area contributed by atoms with Gasteiger partial charge in [0.15, 0.2) is 23.0 Å². The number of aromatic carboxylic acids is 1. The number of carboxylic acids is 1. The first kappa shape index (κ1) is 31.9. The number of hydrogen-bond acceptors (Lipinski definition) is 12. The van der Waals surface area contributed by atoms with Crippen LogP contribution in [0.1, 0.15) is 38.3 Å². The van der Waals surface area contributed by atoms with Gasteiger partial charge in [-0.15, -0.1) is 0 Å². The van der Waals surface area contributed by atoms with Gasteiger partial charge in [0.25, 0.3) is 0 Å². The smallest absolute Gasteiger partial charge is 0.338 e. The number of methoxy groups -OCH3 is 2. The fraction of sp³-hybridized carbons (Fsp3) is 0.375. The Morgan fingerprint density at radius 3 is 2.42 bits per heavy atom. The summed E-state index contributed by atoms with van der Waals surface area (Å²) in [4.78, 5) is 24.7. The molecule has 1 spiro atoms. The molecule has 3 aromatic rings. The minimum atomic E-state index is -1.79. The first-order valence-electron chi connectivity index (χ1n) is 14.1. The molecule has 45 heavy (non-hydrogen) atoms. The molecule has 0 radical (unpaired) electrons. The largest absolute Gasteiger partial charge is 0.502 e. The lowest BCUT2D eigenvalue weighted by Gasteiger charge is -2.48. The van der Waals surface area contributed by atoms with Gasteiger partial charge < -0.3 is 54.0 Å². The minimum Gasteiger partial charge on any atom is -0.502 e. The van der Waals surface area contributed by atoms with Gasteiger partial charge in [0.1, 0.15) is 30.5 Å². The van der Waals surface area contributed by atoms with E-state index in [1.54, 1.807) is 0 Å². The van der Waals surface area contributed by atoms with Gasteiger partial charge in [-0.05, 0) is 42.7 Å². The van der Waals surface area contributed by atoms with Crippen LogP contribution in [0, 0.1) is 0 Å². The fourth-order valence-electron chi connectivity index (χ4n) is 5.49. The maximum Gasteiger partial charge on any atom is 0.338 e. The van der Waals surface area contributed by atoms with E-state index >= 15 is 0 Å². The highest BCUT2D eigenvalue weighted by Gasteiger charge is 2.56. The Kier molecular flexibility index (Phi) is 9.34. The number of phenolic OH excluding ortho intramolecular Hbond substituents is 1. The number of aliphatic hydroxyl groups excluding tert-OH is 3. The van der Waals surface area contributed by atoms with Crippen molar-refractivity contribution < 1.29 is 63.5 Å². The number of fused-ring (bicyclic) bond motifs is 1. The van der Waals surface area contributed by atoms with Gasteiger partial charge in [-0.3, -0.25) is 0 Å². The van der Waals surface area contributed by atoms with Crippen LogP contribution in [0.2, 0.25) is 0 Å². The number of rotatable bonds is 9. The van der Waals surface area contributed by atoms with Gasteiger partial charge in [0.2, 0.25) is 12.0 Å². The summed E-state index contributed by atoms with van der Waals surface area (Å²) in [6.45, 7) is -0.318. The lowest BCUT2D eigenvalue weighted by Crippen LogP contribution is -2.67. The van der Waals surface area contributed by atoms with Crippen molar-refractivity contribution in [3.05, 3.63) is 76.9 Å². The van der Waals surface area contributed by atoms with Gasteiger partial charge in [0, 0.05) is 12.0 Å². The van der Waals surface area contributed by atoms with Gasteiger partial charge in [0.05, 0.1) is 32.0 Å². The van der Waals surface area contributed by atoms with E-state index in [1.165, 1.54) is 38.5 Å². The molecule has 13 heteroatoms. The number of carboxylic acid groups (broad SMARTS) is 1. The lowest BCUT2D eigenvalue weighted by molar-refractivity contribution is -0.320. The number of cyclic esters (lactones) is 1. The van der Waals surface area contributed by atoms with E-state index in [4.69, 9.17) is 28.4 Å². The highest BCUT2D eigenvalue weighted by atomic mass is 16.7. The number of aliphatic hydroxyl groups is 3. The van der Waals surface area contributed by atoms with E-state index in [0.29, 0.717) is 6.42 Å². The van der Waals surface area contributed by atoms with Crippen LogP contribution in [0.5, 0.6) is 28.7 Å². The lowest BCUT2D eigenvalue weighted by atomic mass is 9.81. The van der Waals surface area contributed by atoms with Crippen molar-refractivity contribution in [1.82, 2.24) is 0 Å². The van der Waals surface area contributed by atoms with Crippen molar-refractivity contribution in [2.75, 3.05) is 27.4 Å². The Morgan fingerprint density at radius 1 is 0.978 bits per heavy atom. The van der Waals surface area contributed by atoms with Gasteiger partial charge in [-0.25, -0.2) is 9.59 Å². The number of aromatic hydroxyl groups is 1. The van der Waals surface area contributed by atoms with Crippen LogP contribution in [0.3, 0.4) is 0 Å². The second-order valence-corrected chi connectivity index (χ2v) is 10.7. The predicted molar refractivity (Wildman–Crippen MR) is 155 cm³/mol. The average molecular weight is 627 g/mol. The number of phenols is 1. The Balaban J connectivity index is 1.40. The molecule has 1 fully saturated rings.